The van der Waals surface area contributed by atoms with E-state index in [0.717, 1.165) is 0 Å². The first-order valence-corrected chi connectivity index (χ1v) is 12.2. The standard InChI is InChI=1S/C25H39N3O7/c1-6-32-22(29)19(23(30)33-7-2)18-21(20-10-8-9-11-26-20)34-17-16-27-12-14-28(15-13-27)24(31)35-25(3,4)5/h8-11,19,21H,6-7,12-18H2,1-5H3. The van der Waals surface area contributed by atoms with Crippen LogP contribution in [0.3, 0.4) is 0 Å². The van der Waals surface area contributed by atoms with E-state index in [4.69, 9.17) is 18.9 Å². The summed E-state index contributed by atoms with van der Waals surface area (Å²) in [6.07, 6.45) is 0.831. The van der Waals surface area contributed by atoms with Crippen LogP contribution in [0.25, 0.3) is 0 Å². The van der Waals surface area contributed by atoms with Crippen LogP contribution in [0.4, 0.5) is 4.79 Å². The number of carbonyl (C=O) groups excluding carboxylic acids is 3. The Morgan fingerprint density at radius 3 is 2.14 bits per heavy atom. The first-order chi connectivity index (χ1) is 16.6. The zero-order valence-electron chi connectivity index (χ0n) is 21.5. The van der Waals surface area contributed by atoms with Crippen molar-refractivity contribution in [3.05, 3.63) is 30.1 Å². The van der Waals surface area contributed by atoms with Gasteiger partial charge in [0.05, 0.1) is 25.5 Å². The Morgan fingerprint density at radius 2 is 1.63 bits per heavy atom. The van der Waals surface area contributed by atoms with Gasteiger partial charge in [-0.05, 0) is 46.8 Å². The van der Waals surface area contributed by atoms with Crippen molar-refractivity contribution in [1.82, 2.24) is 14.8 Å². The second-order valence-corrected chi connectivity index (χ2v) is 9.22. The molecule has 0 aliphatic carbocycles. The number of hydrogen-bond acceptors (Lipinski definition) is 9. The fraction of sp³-hybridized carbons (Fsp3) is 0.680. The highest BCUT2D eigenvalue weighted by molar-refractivity contribution is 5.94. The number of carbonyl (C=O) groups is 3. The number of rotatable bonds is 11. The molecule has 1 saturated heterocycles. The van der Waals surface area contributed by atoms with Crippen LogP contribution < -0.4 is 0 Å². The molecule has 0 bridgehead atoms. The van der Waals surface area contributed by atoms with Crippen LogP contribution in [0.15, 0.2) is 24.4 Å². The molecule has 196 valence electrons. The molecule has 1 aliphatic heterocycles. The van der Waals surface area contributed by atoms with Crippen molar-refractivity contribution in [3.8, 4) is 0 Å². The lowest BCUT2D eigenvalue weighted by Gasteiger charge is -2.35. The second kappa shape index (κ2) is 14.0. The van der Waals surface area contributed by atoms with Gasteiger partial charge in [0.15, 0.2) is 5.92 Å². The lowest BCUT2D eigenvalue weighted by Crippen LogP contribution is -2.50. The number of piperazine rings is 1. The van der Waals surface area contributed by atoms with Crippen molar-refractivity contribution in [3.63, 3.8) is 0 Å². The van der Waals surface area contributed by atoms with Crippen molar-refractivity contribution >= 4 is 18.0 Å². The van der Waals surface area contributed by atoms with Gasteiger partial charge in [-0.3, -0.25) is 19.5 Å². The van der Waals surface area contributed by atoms with Crippen LogP contribution in [0.5, 0.6) is 0 Å². The summed E-state index contributed by atoms with van der Waals surface area (Å²) >= 11 is 0. The van der Waals surface area contributed by atoms with Gasteiger partial charge >= 0.3 is 18.0 Å². The zero-order valence-corrected chi connectivity index (χ0v) is 21.5. The molecule has 10 nitrogen and oxygen atoms in total. The highest BCUT2D eigenvalue weighted by Gasteiger charge is 2.34. The average Bonchev–Trinajstić information content (AvgIpc) is 2.81. The molecule has 1 amide bonds. The van der Waals surface area contributed by atoms with E-state index < -0.39 is 29.6 Å². The minimum absolute atomic E-state index is 0.0705. The Morgan fingerprint density at radius 1 is 1.00 bits per heavy atom. The third-order valence-electron chi connectivity index (χ3n) is 5.36. The highest BCUT2D eigenvalue weighted by atomic mass is 16.6. The number of amides is 1. The SMILES string of the molecule is CCOC(=O)C(CC(OCCN1CCN(C(=O)OC(C)(C)C)CC1)c1ccccn1)C(=O)OCC. The monoisotopic (exact) mass is 493 g/mol. The fourth-order valence-corrected chi connectivity index (χ4v) is 3.63. The molecule has 1 aromatic rings. The Balaban J connectivity index is 1.95. The molecule has 35 heavy (non-hydrogen) atoms. The van der Waals surface area contributed by atoms with Crippen molar-refractivity contribution in [2.24, 2.45) is 5.92 Å². The molecule has 0 aromatic carbocycles. The molecule has 0 radical (unpaired) electrons. The van der Waals surface area contributed by atoms with Gasteiger partial charge in [0, 0.05) is 45.3 Å². The second-order valence-electron chi connectivity index (χ2n) is 9.22. The van der Waals surface area contributed by atoms with Crippen LogP contribution in [-0.2, 0) is 28.5 Å². The van der Waals surface area contributed by atoms with Gasteiger partial charge in [0.2, 0.25) is 0 Å². The van der Waals surface area contributed by atoms with E-state index >= 15 is 0 Å². The van der Waals surface area contributed by atoms with Crippen molar-refractivity contribution in [1.29, 1.82) is 0 Å². The summed E-state index contributed by atoms with van der Waals surface area (Å²) in [5, 5.41) is 0. The zero-order chi connectivity index (χ0) is 25.8. The van der Waals surface area contributed by atoms with Crippen LogP contribution >= 0.6 is 0 Å². The van der Waals surface area contributed by atoms with E-state index in [1.165, 1.54) is 0 Å². The van der Waals surface area contributed by atoms with Crippen LogP contribution in [0, 0.1) is 5.92 Å². The fourth-order valence-electron chi connectivity index (χ4n) is 3.63. The van der Waals surface area contributed by atoms with Crippen LogP contribution in [0.2, 0.25) is 0 Å². The molecular formula is C25H39N3O7. The Labute approximate surface area is 207 Å². The number of ether oxygens (including phenoxy) is 4. The Hall–Kier alpha value is -2.72. The van der Waals surface area contributed by atoms with E-state index in [2.05, 4.69) is 9.88 Å². The summed E-state index contributed by atoms with van der Waals surface area (Å²) in [5.74, 6) is -2.36. The summed E-state index contributed by atoms with van der Waals surface area (Å²) < 4.78 is 21.8. The summed E-state index contributed by atoms with van der Waals surface area (Å²) in [7, 11) is 0. The van der Waals surface area contributed by atoms with Gasteiger partial charge < -0.3 is 23.8 Å². The maximum atomic E-state index is 12.5. The molecule has 1 atom stereocenters. The third-order valence-corrected chi connectivity index (χ3v) is 5.36. The molecule has 1 aliphatic rings. The highest BCUT2D eigenvalue weighted by Crippen LogP contribution is 2.26. The minimum atomic E-state index is -1.10. The molecule has 0 saturated carbocycles. The number of pyridine rings is 1. The van der Waals surface area contributed by atoms with Crippen LogP contribution in [0.1, 0.15) is 52.8 Å². The van der Waals surface area contributed by atoms with E-state index in [-0.39, 0.29) is 25.7 Å². The largest absolute Gasteiger partial charge is 0.465 e. The average molecular weight is 494 g/mol. The van der Waals surface area contributed by atoms with E-state index in [1.807, 2.05) is 26.8 Å². The maximum absolute atomic E-state index is 12.5. The van der Waals surface area contributed by atoms with E-state index in [0.29, 0.717) is 45.0 Å². The van der Waals surface area contributed by atoms with E-state index in [1.54, 1.807) is 37.1 Å². The molecular weight excluding hydrogens is 454 g/mol. The first-order valence-electron chi connectivity index (χ1n) is 12.2. The van der Waals surface area contributed by atoms with E-state index in [9.17, 15) is 14.4 Å². The van der Waals surface area contributed by atoms with Gasteiger partial charge in [0.1, 0.15) is 11.7 Å². The maximum Gasteiger partial charge on any atom is 0.410 e. The van der Waals surface area contributed by atoms with Crippen molar-refractivity contribution < 1.29 is 33.3 Å². The quantitative estimate of drug-likeness (QED) is 0.261. The Kier molecular flexibility index (Phi) is 11.4. The number of hydrogen-bond donors (Lipinski definition) is 0. The summed E-state index contributed by atoms with van der Waals surface area (Å²) in [4.78, 5) is 45.5. The summed E-state index contributed by atoms with van der Waals surface area (Å²) in [5.41, 5.74) is 0.105. The lowest BCUT2D eigenvalue weighted by atomic mass is 9.99. The Bertz CT molecular complexity index is 787. The normalized spacial score (nSPS) is 15.5. The molecule has 2 heterocycles. The van der Waals surface area contributed by atoms with Gasteiger partial charge in [-0.25, -0.2) is 4.79 Å². The molecule has 1 aromatic heterocycles. The van der Waals surface area contributed by atoms with Crippen molar-refractivity contribution in [2.75, 3.05) is 52.5 Å². The lowest BCUT2D eigenvalue weighted by molar-refractivity contribution is -0.163. The number of esters is 2. The molecule has 2 rings (SSSR count). The summed E-state index contributed by atoms with van der Waals surface area (Å²) in [6.45, 7) is 12.8. The van der Waals surface area contributed by atoms with Crippen molar-refractivity contribution in [2.45, 2.75) is 52.7 Å². The third kappa shape index (κ3) is 9.81. The first kappa shape index (κ1) is 28.5. The van der Waals surface area contributed by atoms with Gasteiger partial charge in [-0.2, -0.15) is 0 Å². The number of nitrogens with zero attached hydrogens (tertiary/aromatic N) is 3. The molecule has 1 unspecified atom stereocenters. The molecule has 0 N–H and O–H groups in total. The minimum Gasteiger partial charge on any atom is -0.465 e. The summed E-state index contributed by atoms with van der Waals surface area (Å²) in [6, 6.07) is 5.43. The van der Waals surface area contributed by atoms with Gasteiger partial charge in [-0.15, -0.1) is 0 Å². The molecule has 1 fully saturated rings. The topological polar surface area (TPSA) is 108 Å². The van der Waals surface area contributed by atoms with Gasteiger partial charge in [0.25, 0.3) is 0 Å². The molecule has 0 spiro atoms. The van der Waals surface area contributed by atoms with Crippen LogP contribution in [-0.4, -0.2) is 91.0 Å². The van der Waals surface area contributed by atoms with Gasteiger partial charge in [-0.1, -0.05) is 6.07 Å². The predicted octanol–water partition coefficient (Wildman–Crippen LogP) is 2.82. The smallest absolute Gasteiger partial charge is 0.410 e. The predicted molar refractivity (Wildman–Crippen MR) is 129 cm³/mol. The molecule has 10 heteroatoms. The number of aromatic nitrogens is 1.